The minimum atomic E-state index is -3.71. The molecule has 1 N–H and O–H groups in total. The maximum Gasteiger partial charge on any atom is 0.265 e. The Balaban J connectivity index is 1.25. The lowest BCUT2D eigenvalue weighted by molar-refractivity contribution is -0.141. The molecule has 1 saturated carbocycles. The summed E-state index contributed by atoms with van der Waals surface area (Å²) in [6.07, 6.45) is 4.94. The number of benzene rings is 4. The van der Waals surface area contributed by atoms with Crippen molar-refractivity contribution in [3.8, 4) is 0 Å². The van der Waals surface area contributed by atoms with E-state index in [9.17, 15) is 18.0 Å². The molecule has 0 unspecified atom stereocenters. The molecule has 0 saturated heterocycles. The molecule has 4 aromatic carbocycles. The van der Waals surface area contributed by atoms with Crippen LogP contribution >= 0.6 is 0 Å². The molecule has 0 bridgehead atoms. The van der Waals surface area contributed by atoms with Gasteiger partial charge in [0, 0.05) is 37.4 Å². The highest BCUT2D eigenvalue weighted by atomic mass is 32.2. The average molecular weight is 610 g/mol. The van der Waals surface area contributed by atoms with Gasteiger partial charge in [-0.15, -0.1) is 0 Å². The quantitative estimate of drug-likeness (QED) is 0.222. The van der Waals surface area contributed by atoms with Crippen LogP contribution in [0.4, 0.5) is 5.69 Å². The SMILES string of the molecule is Cc1cccc(CN(C(=O)CCCN2c3cccc4cccc(c34)S2(=O)=O)[C@H](Cc2ccccc2)C(=O)NC2CCCC2)c1. The second kappa shape index (κ2) is 12.8. The van der Waals surface area contributed by atoms with Gasteiger partial charge in [-0.25, -0.2) is 8.42 Å². The highest BCUT2D eigenvalue weighted by Crippen LogP contribution is 2.42. The monoisotopic (exact) mass is 609 g/mol. The number of carbonyl (C=O) groups excluding carboxylic acids is 2. The van der Waals surface area contributed by atoms with E-state index in [-0.39, 0.29) is 30.8 Å². The van der Waals surface area contributed by atoms with E-state index < -0.39 is 16.1 Å². The van der Waals surface area contributed by atoms with Gasteiger partial charge in [0.2, 0.25) is 11.8 Å². The highest BCUT2D eigenvalue weighted by molar-refractivity contribution is 7.93. The number of nitrogens with zero attached hydrogens (tertiary/aromatic N) is 2. The summed E-state index contributed by atoms with van der Waals surface area (Å²) in [7, 11) is -3.71. The fourth-order valence-corrected chi connectivity index (χ4v) is 8.39. The Morgan fingerprint density at radius 3 is 2.36 bits per heavy atom. The van der Waals surface area contributed by atoms with Crippen molar-refractivity contribution in [2.75, 3.05) is 10.8 Å². The van der Waals surface area contributed by atoms with Crippen LogP contribution in [0.15, 0.2) is 95.9 Å². The number of sulfonamides is 1. The minimum Gasteiger partial charge on any atom is -0.352 e. The van der Waals surface area contributed by atoms with Crippen molar-refractivity contribution in [3.05, 3.63) is 108 Å². The van der Waals surface area contributed by atoms with E-state index in [0.717, 1.165) is 53.1 Å². The van der Waals surface area contributed by atoms with Gasteiger partial charge >= 0.3 is 0 Å². The first-order chi connectivity index (χ1) is 21.3. The summed E-state index contributed by atoms with van der Waals surface area (Å²) in [6.45, 7) is 2.49. The van der Waals surface area contributed by atoms with Crippen LogP contribution in [0, 0.1) is 6.92 Å². The summed E-state index contributed by atoms with van der Waals surface area (Å²) in [5.41, 5.74) is 3.67. The molecular formula is C36H39N3O4S. The van der Waals surface area contributed by atoms with Crippen molar-refractivity contribution >= 4 is 38.3 Å². The number of rotatable bonds is 11. The molecule has 0 radical (unpaired) electrons. The molecule has 8 heteroatoms. The highest BCUT2D eigenvalue weighted by Gasteiger charge is 2.36. The van der Waals surface area contributed by atoms with Crippen LogP contribution in [0.5, 0.6) is 0 Å². The fraction of sp³-hybridized carbons (Fsp3) is 0.333. The molecule has 0 aromatic heterocycles. The molecule has 1 heterocycles. The van der Waals surface area contributed by atoms with Crippen molar-refractivity contribution in [2.24, 2.45) is 0 Å². The van der Waals surface area contributed by atoms with Crippen molar-refractivity contribution in [2.45, 2.75) is 75.4 Å². The van der Waals surface area contributed by atoms with Crippen LogP contribution in [0.1, 0.15) is 55.2 Å². The summed E-state index contributed by atoms with van der Waals surface area (Å²) in [6, 6.07) is 28.2. The molecule has 1 aliphatic heterocycles. The summed E-state index contributed by atoms with van der Waals surface area (Å²) < 4.78 is 28.4. The topological polar surface area (TPSA) is 86.8 Å². The smallest absolute Gasteiger partial charge is 0.265 e. The Kier molecular flexibility index (Phi) is 8.71. The average Bonchev–Trinajstić information content (AvgIpc) is 3.61. The van der Waals surface area contributed by atoms with E-state index >= 15 is 0 Å². The van der Waals surface area contributed by atoms with Crippen molar-refractivity contribution in [1.29, 1.82) is 0 Å². The van der Waals surface area contributed by atoms with Gasteiger partial charge in [-0.05, 0) is 54.8 Å². The summed E-state index contributed by atoms with van der Waals surface area (Å²) >= 11 is 0. The minimum absolute atomic E-state index is 0.117. The van der Waals surface area contributed by atoms with Gasteiger partial charge in [0.25, 0.3) is 10.0 Å². The third kappa shape index (κ3) is 6.22. The maximum atomic E-state index is 14.1. The molecule has 228 valence electrons. The number of aryl methyl sites for hydroxylation is 1. The van der Waals surface area contributed by atoms with Gasteiger partial charge in [0.05, 0.1) is 10.6 Å². The Morgan fingerprint density at radius 2 is 1.61 bits per heavy atom. The van der Waals surface area contributed by atoms with Crippen LogP contribution in [0.3, 0.4) is 0 Å². The van der Waals surface area contributed by atoms with Crippen LogP contribution in [0.25, 0.3) is 10.8 Å². The predicted molar refractivity (Wildman–Crippen MR) is 174 cm³/mol. The first-order valence-corrected chi connectivity index (χ1v) is 17.0. The summed E-state index contributed by atoms with van der Waals surface area (Å²) in [5.74, 6) is -0.299. The second-order valence-electron chi connectivity index (χ2n) is 12.0. The molecule has 1 atom stereocenters. The Bertz CT molecular complexity index is 1760. The molecule has 44 heavy (non-hydrogen) atoms. The lowest BCUT2D eigenvalue weighted by Crippen LogP contribution is -2.52. The zero-order chi connectivity index (χ0) is 30.7. The molecule has 1 aliphatic carbocycles. The van der Waals surface area contributed by atoms with Crippen LogP contribution < -0.4 is 9.62 Å². The molecule has 1 fully saturated rings. The van der Waals surface area contributed by atoms with Crippen LogP contribution in [0.2, 0.25) is 0 Å². The van der Waals surface area contributed by atoms with E-state index in [0.29, 0.717) is 30.0 Å². The summed E-state index contributed by atoms with van der Waals surface area (Å²) in [4.78, 5) is 30.1. The van der Waals surface area contributed by atoms with Gasteiger partial charge in [-0.3, -0.25) is 13.9 Å². The molecule has 4 aromatic rings. The molecule has 6 rings (SSSR count). The van der Waals surface area contributed by atoms with Gasteiger partial charge in [0.15, 0.2) is 0 Å². The maximum absolute atomic E-state index is 14.1. The fourth-order valence-electron chi connectivity index (χ4n) is 6.65. The number of hydrogen-bond acceptors (Lipinski definition) is 4. The Labute approximate surface area is 259 Å². The van der Waals surface area contributed by atoms with E-state index in [1.54, 1.807) is 17.0 Å². The van der Waals surface area contributed by atoms with E-state index in [4.69, 9.17) is 0 Å². The van der Waals surface area contributed by atoms with Crippen molar-refractivity contribution in [3.63, 3.8) is 0 Å². The lowest BCUT2D eigenvalue weighted by Gasteiger charge is -2.32. The standard InChI is InChI=1S/C36H39N3O4S/c1-26-11-7-14-28(23-26)25-38(32(24-27-12-3-2-4-13-27)36(41)37-30-17-5-6-18-30)34(40)21-10-22-39-31-19-8-15-29-16-9-20-33(35(29)31)44(39,42)43/h2-4,7-9,11-16,19-20,23,30,32H,5-6,10,17-18,21-22,24-25H2,1H3,(H,37,41)/t32-/m1/s1. The first-order valence-electron chi connectivity index (χ1n) is 15.5. The first kappa shape index (κ1) is 29.9. The Hall–Kier alpha value is -4.17. The van der Waals surface area contributed by atoms with Crippen molar-refractivity contribution in [1.82, 2.24) is 10.2 Å². The lowest BCUT2D eigenvalue weighted by atomic mass is 10.0. The zero-order valence-electron chi connectivity index (χ0n) is 25.1. The van der Waals surface area contributed by atoms with E-state index in [1.807, 2.05) is 85.8 Å². The third-order valence-corrected chi connectivity index (χ3v) is 10.7. The Morgan fingerprint density at radius 1 is 0.909 bits per heavy atom. The molecular weight excluding hydrogens is 570 g/mol. The number of nitrogens with one attached hydrogen (secondary N) is 1. The molecule has 2 amide bonds. The second-order valence-corrected chi connectivity index (χ2v) is 13.8. The molecule has 0 spiro atoms. The zero-order valence-corrected chi connectivity index (χ0v) is 25.9. The van der Waals surface area contributed by atoms with Crippen LogP contribution in [-0.2, 0) is 32.6 Å². The summed E-state index contributed by atoms with van der Waals surface area (Å²) in [5, 5.41) is 4.85. The van der Waals surface area contributed by atoms with Crippen LogP contribution in [-0.4, -0.2) is 43.8 Å². The molecule has 7 nitrogen and oxygen atoms in total. The third-order valence-electron chi connectivity index (χ3n) is 8.84. The number of carbonyl (C=O) groups is 2. The van der Waals surface area contributed by atoms with Crippen molar-refractivity contribution < 1.29 is 18.0 Å². The molecule has 2 aliphatic rings. The van der Waals surface area contributed by atoms with Gasteiger partial charge < -0.3 is 10.2 Å². The van der Waals surface area contributed by atoms with Gasteiger partial charge in [-0.1, -0.05) is 97.3 Å². The van der Waals surface area contributed by atoms with Gasteiger partial charge in [-0.2, -0.15) is 0 Å². The van der Waals surface area contributed by atoms with E-state index in [2.05, 4.69) is 5.32 Å². The number of anilines is 1. The predicted octanol–water partition coefficient (Wildman–Crippen LogP) is 6.14. The number of amides is 2. The largest absolute Gasteiger partial charge is 0.352 e. The van der Waals surface area contributed by atoms with Gasteiger partial charge in [0.1, 0.15) is 6.04 Å². The van der Waals surface area contributed by atoms with E-state index in [1.165, 1.54) is 4.31 Å². The normalized spacial score (nSPS) is 16.2. The number of hydrogen-bond donors (Lipinski definition) is 1.